The zero-order chi connectivity index (χ0) is 9.97. The van der Waals surface area contributed by atoms with Crippen LogP contribution in [0.15, 0.2) is 16.6 Å². The van der Waals surface area contributed by atoms with Gasteiger partial charge in [-0.1, -0.05) is 15.9 Å². The lowest BCUT2D eigenvalue weighted by atomic mass is 10.4. The van der Waals surface area contributed by atoms with Crippen LogP contribution in [0.5, 0.6) is 0 Å². The number of pyridine rings is 1. The topological polar surface area (TPSA) is 25.4 Å². The summed E-state index contributed by atoms with van der Waals surface area (Å²) in [6.07, 6.45) is 0. The molecule has 0 spiro atoms. The first kappa shape index (κ1) is 9.86. The molecular formula is C9H10BrFN2O. The van der Waals surface area contributed by atoms with E-state index in [-0.39, 0.29) is 0 Å². The monoisotopic (exact) mass is 260 g/mol. The Hall–Kier alpha value is -0.680. The Kier molecular flexibility index (Phi) is 2.98. The molecule has 0 bridgehead atoms. The van der Waals surface area contributed by atoms with Crippen molar-refractivity contribution in [1.29, 1.82) is 0 Å². The van der Waals surface area contributed by atoms with Crippen LogP contribution in [0.25, 0.3) is 0 Å². The molecule has 1 fully saturated rings. The Balaban J connectivity index is 2.21. The van der Waals surface area contributed by atoms with E-state index in [4.69, 9.17) is 4.74 Å². The molecule has 2 heterocycles. The van der Waals surface area contributed by atoms with Crippen LogP contribution in [0, 0.1) is 5.95 Å². The number of ether oxygens (including phenoxy) is 1. The lowest BCUT2D eigenvalue weighted by Crippen LogP contribution is -2.36. The molecule has 0 unspecified atom stereocenters. The molecule has 5 heteroatoms. The molecule has 3 nitrogen and oxygen atoms in total. The van der Waals surface area contributed by atoms with Crippen molar-refractivity contribution in [1.82, 2.24) is 4.98 Å². The van der Waals surface area contributed by atoms with E-state index >= 15 is 0 Å². The highest BCUT2D eigenvalue weighted by atomic mass is 79.9. The van der Waals surface area contributed by atoms with Crippen molar-refractivity contribution in [2.45, 2.75) is 0 Å². The fourth-order valence-corrected chi connectivity index (χ4v) is 1.80. The average Bonchev–Trinajstić information content (AvgIpc) is 2.18. The van der Waals surface area contributed by atoms with E-state index < -0.39 is 5.95 Å². The first-order valence-electron chi connectivity index (χ1n) is 4.41. The first-order chi connectivity index (χ1) is 6.75. The Morgan fingerprint density at radius 1 is 1.36 bits per heavy atom. The Bertz CT molecular complexity index is 308. The number of anilines is 1. The molecule has 1 aromatic rings. The van der Waals surface area contributed by atoms with Gasteiger partial charge in [0.2, 0.25) is 5.95 Å². The van der Waals surface area contributed by atoms with E-state index in [0.717, 1.165) is 13.1 Å². The molecule has 0 amide bonds. The third-order valence-electron chi connectivity index (χ3n) is 2.08. The maximum atomic E-state index is 13.0. The standard InChI is InChI=1S/C9H10BrFN2O/c10-7-5-8(11)12-9(6-7)13-1-3-14-4-2-13/h5-6H,1-4H2. The number of aromatic nitrogens is 1. The average molecular weight is 261 g/mol. The summed E-state index contributed by atoms with van der Waals surface area (Å²) < 4.78 is 18.9. The summed E-state index contributed by atoms with van der Waals surface area (Å²) in [7, 11) is 0. The van der Waals surface area contributed by atoms with E-state index in [9.17, 15) is 4.39 Å². The fourth-order valence-electron chi connectivity index (χ4n) is 1.41. The predicted octanol–water partition coefficient (Wildman–Crippen LogP) is 1.82. The highest BCUT2D eigenvalue weighted by Gasteiger charge is 2.13. The third kappa shape index (κ3) is 2.22. The SMILES string of the molecule is Fc1cc(Br)cc(N2CCOCC2)n1. The third-order valence-corrected chi connectivity index (χ3v) is 2.54. The molecule has 0 aromatic carbocycles. The van der Waals surface area contributed by atoms with Gasteiger partial charge >= 0.3 is 0 Å². The normalized spacial score (nSPS) is 17.1. The van der Waals surface area contributed by atoms with Gasteiger partial charge in [0.25, 0.3) is 0 Å². The molecule has 14 heavy (non-hydrogen) atoms. The van der Waals surface area contributed by atoms with Gasteiger partial charge < -0.3 is 9.64 Å². The maximum Gasteiger partial charge on any atom is 0.215 e. The van der Waals surface area contributed by atoms with Crippen LogP contribution in [0.4, 0.5) is 10.2 Å². The molecule has 0 radical (unpaired) electrons. The van der Waals surface area contributed by atoms with Crippen LogP contribution < -0.4 is 4.90 Å². The number of halogens is 2. The van der Waals surface area contributed by atoms with Crippen molar-refractivity contribution in [3.63, 3.8) is 0 Å². The molecule has 0 saturated carbocycles. The summed E-state index contributed by atoms with van der Waals surface area (Å²) in [5.74, 6) is 0.209. The number of nitrogens with zero attached hydrogens (tertiary/aromatic N) is 2. The molecule has 0 N–H and O–H groups in total. The van der Waals surface area contributed by atoms with Crippen LogP contribution >= 0.6 is 15.9 Å². The zero-order valence-electron chi connectivity index (χ0n) is 7.54. The van der Waals surface area contributed by atoms with Crippen LogP contribution in [0.2, 0.25) is 0 Å². The van der Waals surface area contributed by atoms with Crippen LogP contribution in [-0.2, 0) is 4.74 Å². The van der Waals surface area contributed by atoms with Crippen molar-refractivity contribution in [2.24, 2.45) is 0 Å². The maximum absolute atomic E-state index is 13.0. The smallest absolute Gasteiger partial charge is 0.215 e. The molecule has 1 saturated heterocycles. The number of rotatable bonds is 1. The minimum absolute atomic E-state index is 0.458. The van der Waals surface area contributed by atoms with Crippen molar-refractivity contribution in [2.75, 3.05) is 31.2 Å². The van der Waals surface area contributed by atoms with Gasteiger partial charge in [-0.15, -0.1) is 0 Å². The summed E-state index contributed by atoms with van der Waals surface area (Å²) in [4.78, 5) is 5.84. The summed E-state index contributed by atoms with van der Waals surface area (Å²) >= 11 is 3.24. The van der Waals surface area contributed by atoms with Gasteiger partial charge in [0.15, 0.2) is 0 Å². The van der Waals surface area contributed by atoms with Gasteiger partial charge in [0.05, 0.1) is 13.2 Å². The molecule has 1 aromatic heterocycles. The van der Waals surface area contributed by atoms with Crippen molar-refractivity contribution < 1.29 is 9.13 Å². The van der Waals surface area contributed by atoms with Crippen LogP contribution in [0.3, 0.4) is 0 Å². The zero-order valence-corrected chi connectivity index (χ0v) is 9.13. The van der Waals surface area contributed by atoms with E-state index in [0.29, 0.717) is 23.5 Å². The number of hydrogen-bond donors (Lipinski definition) is 0. The van der Waals surface area contributed by atoms with E-state index in [2.05, 4.69) is 20.9 Å². The minimum atomic E-state index is -0.458. The van der Waals surface area contributed by atoms with Gasteiger partial charge in [-0.2, -0.15) is 4.39 Å². The minimum Gasteiger partial charge on any atom is -0.378 e. The molecule has 1 aliphatic heterocycles. The van der Waals surface area contributed by atoms with Gasteiger partial charge in [-0.3, -0.25) is 0 Å². The Labute approximate surface area is 90.0 Å². The Morgan fingerprint density at radius 3 is 2.71 bits per heavy atom. The molecule has 0 atom stereocenters. The molecular weight excluding hydrogens is 251 g/mol. The molecule has 0 aliphatic carbocycles. The fraction of sp³-hybridized carbons (Fsp3) is 0.444. The Morgan fingerprint density at radius 2 is 2.07 bits per heavy atom. The second kappa shape index (κ2) is 4.23. The summed E-state index contributed by atoms with van der Waals surface area (Å²) in [5.41, 5.74) is 0. The first-order valence-corrected chi connectivity index (χ1v) is 5.21. The largest absolute Gasteiger partial charge is 0.378 e. The molecule has 76 valence electrons. The molecule has 2 rings (SSSR count). The summed E-state index contributed by atoms with van der Waals surface area (Å²) in [6.45, 7) is 2.89. The number of morpholine rings is 1. The van der Waals surface area contributed by atoms with Crippen molar-refractivity contribution in [3.05, 3.63) is 22.6 Å². The predicted molar refractivity (Wildman–Crippen MR) is 54.9 cm³/mol. The quantitative estimate of drug-likeness (QED) is 0.721. The summed E-state index contributed by atoms with van der Waals surface area (Å²) in [5, 5.41) is 0. The lowest BCUT2D eigenvalue weighted by Gasteiger charge is -2.27. The van der Waals surface area contributed by atoms with Crippen molar-refractivity contribution >= 4 is 21.7 Å². The number of hydrogen-bond acceptors (Lipinski definition) is 3. The second-order valence-corrected chi connectivity index (χ2v) is 3.98. The van der Waals surface area contributed by atoms with Gasteiger partial charge in [-0.05, 0) is 6.07 Å². The highest BCUT2D eigenvalue weighted by molar-refractivity contribution is 9.10. The van der Waals surface area contributed by atoms with Crippen molar-refractivity contribution in [3.8, 4) is 0 Å². The van der Waals surface area contributed by atoms with Gasteiger partial charge in [-0.25, -0.2) is 4.98 Å². The van der Waals surface area contributed by atoms with E-state index in [1.807, 2.05) is 11.0 Å². The second-order valence-electron chi connectivity index (χ2n) is 3.07. The highest BCUT2D eigenvalue weighted by Crippen LogP contribution is 2.19. The van der Waals surface area contributed by atoms with Gasteiger partial charge in [0, 0.05) is 23.6 Å². The lowest BCUT2D eigenvalue weighted by molar-refractivity contribution is 0.122. The van der Waals surface area contributed by atoms with E-state index in [1.54, 1.807) is 0 Å². The van der Waals surface area contributed by atoms with E-state index in [1.165, 1.54) is 6.07 Å². The van der Waals surface area contributed by atoms with Crippen LogP contribution in [-0.4, -0.2) is 31.3 Å². The molecule has 1 aliphatic rings. The van der Waals surface area contributed by atoms with Crippen LogP contribution in [0.1, 0.15) is 0 Å². The van der Waals surface area contributed by atoms with Gasteiger partial charge in [0.1, 0.15) is 5.82 Å². The summed E-state index contributed by atoms with van der Waals surface area (Å²) in [6, 6.07) is 3.17.